The van der Waals surface area contributed by atoms with Crippen molar-refractivity contribution in [2.45, 2.75) is 23.8 Å². The zero-order valence-corrected chi connectivity index (χ0v) is 12.7. The Bertz CT molecular complexity index is 661. The molecule has 1 atom stereocenters. The maximum absolute atomic E-state index is 13.5. The second-order valence-electron chi connectivity index (χ2n) is 5.19. The first kappa shape index (κ1) is 15.7. The average molecular weight is 315 g/mol. The molecule has 1 aliphatic rings. The normalized spacial score (nSPS) is 19.7. The van der Waals surface area contributed by atoms with E-state index < -0.39 is 21.9 Å². The molecule has 1 saturated heterocycles. The minimum absolute atomic E-state index is 0.115. The molecule has 0 spiro atoms. The molecule has 2 rings (SSSR count). The third-order valence-electron chi connectivity index (χ3n) is 3.51. The van der Waals surface area contributed by atoms with E-state index in [-0.39, 0.29) is 23.0 Å². The second-order valence-corrected chi connectivity index (χ2v) is 7.08. The Morgan fingerprint density at radius 1 is 1.43 bits per heavy atom. The van der Waals surface area contributed by atoms with Gasteiger partial charge in [0.25, 0.3) is 0 Å². The number of carbonyl (C=O) groups excluding carboxylic acids is 1. The van der Waals surface area contributed by atoms with E-state index in [1.165, 1.54) is 17.0 Å². The number of amides is 1. The molecule has 1 fully saturated rings. The lowest BCUT2D eigenvalue weighted by Gasteiger charge is -2.25. The Morgan fingerprint density at radius 3 is 2.67 bits per heavy atom. The molecule has 1 amide bonds. The van der Waals surface area contributed by atoms with Crippen LogP contribution in [0.4, 0.5) is 10.1 Å². The van der Waals surface area contributed by atoms with Crippen molar-refractivity contribution in [2.24, 2.45) is 0 Å². The van der Waals surface area contributed by atoms with Crippen molar-refractivity contribution in [1.29, 1.82) is 0 Å². The average Bonchev–Trinajstić information content (AvgIpc) is 2.90. The van der Waals surface area contributed by atoms with Crippen molar-refractivity contribution in [3.8, 4) is 0 Å². The topological polar surface area (TPSA) is 83.7 Å². The number of nitrogens with two attached hydrogens (primary N) is 1. The van der Waals surface area contributed by atoms with Gasteiger partial charge < -0.3 is 10.6 Å². The number of rotatable bonds is 3. The summed E-state index contributed by atoms with van der Waals surface area (Å²) < 4.78 is 39.8. The van der Waals surface area contributed by atoms with E-state index in [0.29, 0.717) is 12.8 Å². The molecular weight excluding hydrogens is 297 g/mol. The highest BCUT2D eigenvalue weighted by Crippen LogP contribution is 2.28. The standard InChI is InChI=1S/C13H18FN3O3S/c1-16(2)13(18)12-4-3-7-17(12)21(19,20)9-5-6-11(15)10(14)8-9/h5-6,8,12H,3-4,7,15H2,1-2H3. The first-order valence-electron chi connectivity index (χ1n) is 6.53. The van der Waals surface area contributed by atoms with Crippen LogP contribution in [-0.2, 0) is 14.8 Å². The van der Waals surface area contributed by atoms with E-state index in [9.17, 15) is 17.6 Å². The first-order chi connectivity index (χ1) is 9.75. The van der Waals surface area contributed by atoms with Crippen LogP contribution in [0.1, 0.15) is 12.8 Å². The van der Waals surface area contributed by atoms with Gasteiger partial charge >= 0.3 is 0 Å². The Labute approximate surface area is 123 Å². The molecule has 6 nitrogen and oxygen atoms in total. The molecule has 0 aliphatic carbocycles. The van der Waals surface area contributed by atoms with Crippen molar-refractivity contribution in [3.05, 3.63) is 24.0 Å². The number of halogens is 1. The van der Waals surface area contributed by atoms with Crippen LogP contribution in [0, 0.1) is 5.82 Å². The number of hydrogen-bond acceptors (Lipinski definition) is 4. The number of nitrogens with zero attached hydrogens (tertiary/aromatic N) is 2. The summed E-state index contributed by atoms with van der Waals surface area (Å²) in [4.78, 5) is 13.3. The van der Waals surface area contributed by atoms with Crippen molar-refractivity contribution >= 4 is 21.6 Å². The summed E-state index contributed by atoms with van der Waals surface area (Å²) >= 11 is 0. The van der Waals surface area contributed by atoms with E-state index in [4.69, 9.17) is 5.73 Å². The molecule has 0 saturated carbocycles. The van der Waals surface area contributed by atoms with Crippen LogP contribution >= 0.6 is 0 Å². The predicted octanol–water partition coefficient (Wildman–Crippen LogP) is 0.649. The summed E-state index contributed by atoms with van der Waals surface area (Å²) in [6.45, 7) is 0.249. The Balaban J connectivity index is 2.38. The lowest BCUT2D eigenvalue weighted by atomic mass is 10.2. The molecule has 116 valence electrons. The van der Waals surface area contributed by atoms with Crippen molar-refractivity contribution in [1.82, 2.24) is 9.21 Å². The second kappa shape index (κ2) is 5.61. The fraction of sp³-hybridized carbons (Fsp3) is 0.462. The number of hydrogen-bond donors (Lipinski definition) is 1. The molecule has 0 radical (unpaired) electrons. The number of likely N-dealkylation sites (N-methyl/N-ethyl adjacent to an activating group) is 1. The number of anilines is 1. The number of sulfonamides is 1. The fourth-order valence-corrected chi connectivity index (χ4v) is 4.04. The Hall–Kier alpha value is -1.67. The highest BCUT2D eigenvalue weighted by molar-refractivity contribution is 7.89. The van der Waals surface area contributed by atoms with E-state index in [2.05, 4.69) is 0 Å². The molecule has 1 aromatic rings. The number of benzene rings is 1. The highest BCUT2D eigenvalue weighted by Gasteiger charge is 2.40. The predicted molar refractivity (Wildman–Crippen MR) is 76.4 cm³/mol. The Kier molecular flexibility index (Phi) is 4.20. The number of nitrogen functional groups attached to an aromatic ring is 1. The van der Waals surface area contributed by atoms with Crippen LogP contribution in [-0.4, -0.2) is 50.2 Å². The smallest absolute Gasteiger partial charge is 0.243 e. The summed E-state index contributed by atoms with van der Waals surface area (Å²) in [5.41, 5.74) is 5.24. The molecule has 1 unspecified atom stereocenters. The minimum atomic E-state index is -3.92. The van der Waals surface area contributed by atoms with Gasteiger partial charge in [0.05, 0.1) is 10.6 Å². The van der Waals surface area contributed by atoms with Crippen LogP contribution in [0.3, 0.4) is 0 Å². The summed E-state index contributed by atoms with van der Waals surface area (Å²) in [7, 11) is -0.760. The third-order valence-corrected chi connectivity index (χ3v) is 5.41. The van der Waals surface area contributed by atoms with Gasteiger partial charge in [0.15, 0.2) is 0 Å². The molecule has 8 heteroatoms. The minimum Gasteiger partial charge on any atom is -0.396 e. The van der Waals surface area contributed by atoms with Gasteiger partial charge in [0, 0.05) is 20.6 Å². The van der Waals surface area contributed by atoms with Crippen molar-refractivity contribution in [2.75, 3.05) is 26.4 Å². The lowest BCUT2D eigenvalue weighted by Crippen LogP contribution is -2.45. The molecule has 21 heavy (non-hydrogen) atoms. The van der Waals surface area contributed by atoms with Crippen LogP contribution in [0.5, 0.6) is 0 Å². The SMILES string of the molecule is CN(C)C(=O)C1CCCN1S(=O)(=O)c1ccc(N)c(F)c1. The summed E-state index contributed by atoms with van der Waals surface area (Å²) in [6, 6.07) is 2.62. The first-order valence-corrected chi connectivity index (χ1v) is 7.97. The maximum Gasteiger partial charge on any atom is 0.243 e. The van der Waals surface area contributed by atoms with Crippen LogP contribution < -0.4 is 5.73 Å². The van der Waals surface area contributed by atoms with Gasteiger partial charge in [-0.25, -0.2) is 12.8 Å². The van der Waals surface area contributed by atoms with Crippen molar-refractivity contribution < 1.29 is 17.6 Å². The quantitative estimate of drug-likeness (QED) is 0.830. The molecule has 1 aliphatic heterocycles. The van der Waals surface area contributed by atoms with Crippen LogP contribution in [0.25, 0.3) is 0 Å². The van der Waals surface area contributed by atoms with Crippen LogP contribution in [0.2, 0.25) is 0 Å². The van der Waals surface area contributed by atoms with Gasteiger partial charge in [0.2, 0.25) is 15.9 Å². The lowest BCUT2D eigenvalue weighted by molar-refractivity contribution is -0.132. The van der Waals surface area contributed by atoms with E-state index in [1.54, 1.807) is 14.1 Å². The summed E-state index contributed by atoms with van der Waals surface area (Å²) in [5.74, 6) is -1.06. The van der Waals surface area contributed by atoms with E-state index in [0.717, 1.165) is 10.4 Å². The summed E-state index contributed by atoms with van der Waals surface area (Å²) in [6.07, 6.45) is 1.06. The third kappa shape index (κ3) is 2.86. The van der Waals surface area contributed by atoms with Gasteiger partial charge in [-0.2, -0.15) is 4.31 Å². The zero-order chi connectivity index (χ0) is 15.8. The monoisotopic (exact) mass is 315 g/mol. The van der Waals surface area contributed by atoms with E-state index in [1.807, 2.05) is 0 Å². The van der Waals surface area contributed by atoms with Gasteiger partial charge in [-0.1, -0.05) is 0 Å². The number of carbonyl (C=O) groups is 1. The van der Waals surface area contributed by atoms with Crippen LogP contribution in [0.15, 0.2) is 23.1 Å². The largest absolute Gasteiger partial charge is 0.396 e. The Morgan fingerprint density at radius 2 is 2.10 bits per heavy atom. The molecular formula is C13H18FN3O3S. The maximum atomic E-state index is 13.5. The van der Waals surface area contributed by atoms with Gasteiger partial charge in [-0.05, 0) is 31.0 Å². The van der Waals surface area contributed by atoms with Gasteiger partial charge in [-0.3, -0.25) is 4.79 Å². The molecule has 1 aromatic carbocycles. The highest BCUT2D eigenvalue weighted by atomic mass is 32.2. The molecule has 1 heterocycles. The zero-order valence-electron chi connectivity index (χ0n) is 11.9. The van der Waals surface area contributed by atoms with Gasteiger partial charge in [0.1, 0.15) is 11.9 Å². The summed E-state index contributed by atoms with van der Waals surface area (Å²) in [5, 5.41) is 0. The van der Waals surface area contributed by atoms with Crippen molar-refractivity contribution in [3.63, 3.8) is 0 Å². The van der Waals surface area contributed by atoms with E-state index >= 15 is 0 Å². The fourth-order valence-electron chi connectivity index (χ4n) is 2.38. The molecule has 2 N–H and O–H groups in total. The molecule has 0 bridgehead atoms. The van der Waals surface area contributed by atoms with Gasteiger partial charge in [-0.15, -0.1) is 0 Å². The molecule has 0 aromatic heterocycles.